The van der Waals surface area contributed by atoms with Gasteiger partial charge in [0.15, 0.2) is 0 Å². The first-order chi connectivity index (χ1) is 4.18. The predicted octanol–water partition coefficient (Wildman–Crippen LogP) is 3.39. The second-order valence-corrected chi connectivity index (χ2v) is 2.86. The van der Waals surface area contributed by atoms with Gasteiger partial charge in [0, 0.05) is 0 Å². The standard InChI is InChI=1S/C9H18/c1-5-8-9(4,6-2)7-3/h5,8H,6-7H2,1-4H3/b8-5+. The van der Waals surface area contributed by atoms with Crippen molar-refractivity contribution >= 4 is 0 Å². The zero-order chi connectivity index (χ0) is 7.33. The Morgan fingerprint density at radius 3 is 1.78 bits per heavy atom. The molecule has 0 spiro atoms. The smallest absolute Gasteiger partial charge is 0.0152 e. The molecule has 0 N–H and O–H groups in total. The summed E-state index contributed by atoms with van der Waals surface area (Å²) in [5.41, 5.74) is 0.453. The fraction of sp³-hybridized carbons (Fsp3) is 0.778. The second kappa shape index (κ2) is 3.71. The third-order valence-corrected chi connectivity index (χ3v) is 2.18. The van der Waals surface area contributed by atoms with E-state index in [-0.39, 0.29) is 0 Å². The molecule has 0 heterocycles. The Labute approximate surface area is 59.0 Å². The summed E-state index contributed by atoms with van der Waals surface area (Å²) < 4.78 is 0. The average Bonchev–Trinajstić information content (AvgIpc) is 1.89. The summed E-state index contributed by atoms with van der Waals surface area (Å²) in [6, 6.07) is 0. The summed E-state index contributed by atoms with van der Waals surface area (Å²) in [4.78, 5) is 0. The minimum Gasteiger partial charge on any atom is -0.0911 e. The van der Waals surface area contributed by atoms with Crippen LogP contribution in [-0.2, 0) is 0 Å². The lowest BCUT2D eigenvalue weighted by Crippen LogP contribution is -2.08. The summed E-state index contributed by atoms with van der Waals surface area (Å²) in [5, 5.41) is 0. The van der Waals surface area contributed by atoms with Gasteiger partial charge in [-0.25, -0.2) is 0 Å². The van der Waals surface area contributed by atoms with Crippen molar-refractivity contribution in [2.75, 3.05) is 0 Å². The molecule has 0 aromatic carbocycles. The Morgan fingerprint density at radius 1 is 1.22 bits per heavy atom. The van der Waals surface area contributed by atoms with Crippen molar-refractivity contribution in [3.05, 3.63) is 12.2 Å². The minimum atomic E-state index is 0.453. The van der Waals surface area contributed by atoms with Crippen LogP contribution in [0.3, 0.4) is 0 Å². The van der Waals surface area contributed by atoms with Crippen molar-refractivity contribution in [2.45, 2.75) is 40.5 Å². The first kappa shape index (κ1) is 8.74. The quantitative estimate of drug-likeness (QED) is 0.508. The number of allylic oxidation sites excluding steroid dienone is 2. The zero-order valence-electron chi connectivity index (χ0n) is 7.07. The average molecular weight is 126 g/mol. The van der Waals surface area contributed by atoms with Crippen LogP contribution in [-0.4, -0.2) is 0 Å². The maximum Gasteiger partial charge on any atom is -0.0152 e. The molecule has 0 saturated carbocycles. The van der Waals surface area contributed by atoms with Gasteiger partial charge in [0.1, 0.15) is 0 Å². The van der Waals surface area contributed by atoms with Gasteiger partial charge in [0.05, 0.1) is 0 Å². The van der Waals surface area contributed by atoms with Crippen LogP contribution in [0.25, 0.3) is 0 Å². The van der Waals surface area contributed by atoms with Gasteiger partial charge in [-0.1, -0.05) is 32.9 Å². The maximum absolute atomic E-state index is 2.30. The molecule has 0 heteroatoms. The van der Waals surface area contributed by atoms with E-state index in [1.54, 1.807) is 0 Å². The Morgan fingerprint density at radius 2 is 1.67 bits per heavy atom. The lowest BCUT2D eigenvalue weighted by molar-refractivity contribution is 0.395. The van der Waals surface area contributed by atoms with Gasteiger partial charge in [-0.15, -0.1) is 0 Å². The fourth-order valence-corrected chi connectivity index (χ4v) is 0.888. The summed E-state index contributed by atoms with van der Waals surface area (Å²) in [6.45, 7) is 8.86. The van der Waals surface area contributed by atoms with E-state index in [0.717, 1.165) is 0 Å². The van der Waals surface area contributed by atoms with Gasteiger partial charge in [0.25, 0.3) is 0 Å². The lowest BCUT2D eigenvalue weighted by Gasteiger charge is -2.21. The molecule has 0 rings (SSSR count). The first-order valence-electron chi connectivity index (χ1n) is 3.82. The van der Waals surface area contributed by atoms with E-state index >= 15 is 0 Å². The van der Waals surface area contributed by atoms with Crippen LogP contribution in [0.15, 0.2) is 12.2 Å². The molecule has 0 unspecified atom stereocenters. The molecule has 0 fully saturated rings. The zero-order valence-corrected chi connectivity index (χ0v) is 7.07. The van der Waals surface area contributed by atoms with E-state index in [1.165, 1.54) is 12.8 Å². The molecule has 0 nitrogen and oxygen atoms in total. The van der Waals surface area contributed by atoms with Crippen molar-refractivity contribution in [2.24, 2.45) is 5.41 Å². The largest absolute Gasteiger partial charge is 0.0911 e. The molecular formula is C9H18. The van der Waals surface area contributed by atoms with Crippen LogP contribution < -0.4 is 0 Å². The molecule has 0 bridgehead atoms. The third-order valence-electron chi connectivity index (χ3n) is 2.18. The van der Waals surface area contributed by atoms with Gasteiger partial charge in [-0.2, -0.15) is 0 Å². The molecule has 0 aliphatic rings. The molecule has 9 heavy (non-hydrogen) atoms. The highest BCUT2D eigenvalue weighted by molar-refractivity contribution is 4.93. The topological polar surface area (TPSA) is 0 Å². The van der Waals surface area contributed by atoms with Crippen LogP contribution in [0, 0.1) is 5.41 Å². The molecular weight excluding hydrogens is 108 g/mol. The van der Waals surface area contributed by atoms with E-state index < -0.39 is 0 Å². The van der Waals surface area contributed by atoms with Crippen LogP contribution >= 0.6 is 0 Å². The summed E-state index contributed by atoms with van der Waals surface area (Å²) in [5.74, 6) is 0. The van der Waals surface area contributed by atoms with Crippen LogP contribution in [0.5, 0.6) is 0 Å². The summed E-state index contributed by atoms with van der Waals surface area (Å²) >= 11 is 0. The Kier molecular flexibility index (Phi) is 3.60. The Balaban J connectivity index is 3.92. The van der Waals surface area contributed by atoms with Crippen LogP contribution in [0.4, 0.5) is 0 Å². The number of hydrogen-bond donors (Lipinski definition) is 0. The van der Waals surface area contributed by atoms with Crippen LogP contribution in [0.2, 0.25) is 0 Å². The molecule has 0 atom stereocenters. The van der Waals surface area contributed by atoms with E-state index in [4.69, 9.17) is 0 Å². The van der Waals surface area contributed by atoms with E-state index in [0.29, 0.717) is 5.41 Å². The van der Waals surface area contributed by atoms with Crippen molar-refractivity contribution in [3.63, 3.8) is 0 Å². The third kappa shape index (κ3) is 2.69. The highest BCUT2D eigenvalue weighted by Crippen LogP contribution is 2.26. The molecule has 54 valence electrons. The number of rotatable bonds is 3. The Bertz CT molecular complexity index is 86.2. The van der Waals surface area contributed by atoms with Gasteiger partial charge in [-0.05, 0) is 25.2 Å². The SMILES string of the molecule is C/C=C/C(C)(CC)CC. The Hall–Kier alpha value is -0.260. The van der Waals surface area contributed by atoms with Gasteiger partial charge in [0.2, 0.25) is 0 Å². The van der Waals surface area contributed by atoms with E-state index in [2.05, 4.69) is 39.8 Å². The summed E-state index contributed by atoms with van der Waals surface area (Å²) in [6.07, 6.45) is 6.93. The molecule has 0 aliphatic carbocycles. The van der Waals surface area contributed by atoms with Crippen molar-refractivity contribution in [1.82, 2.24) is 0 Å². The highest BCUT2D eigenvalue weighted by Gasteiger charge is 2.13. The maximum atomic E-state index is 2.30. The number of hydrogen-bond acceptors (Lipinski definition) is 0. The van der Waals surface area contributed by atoms with Gasteiger partial charge < -0.3 is 0 Å². The first-order valence-corrected chi connectivity index (χ1v) is 3.82. The summed E-state index contributed by atoms with van der Waals surface area (Å²) in [7, 11) is 0. The van der Waals surface area contributed by atoms with Crippen molar-refractivity contribution in [1.29, 1.82) is 0 Å². The molecule has 0 saturated heterocycles. The minimum absolute atomic E-state index is 0.453. The van der Waals surface area contributed by atoms with E-state index in [9.17, 15) is 0 Å². The van der Waals surface area contributed by atoms with Crippen LogP contribution in [0.1, 0.15) is 40.5 Å². The molecule has 0 aromatic heterocycles. The lowest BCUT2D eigenvalue weighted by atomic mass is 9.84. The fourth-order valence-electron chi connectivity index (χ4n) is 0.888. The highest BCUT2D eigenvalue weighted by atomic mass is 14.2. The monoisotopic (exact) mass is 126 g/mol. The van der Waals surface area contributed by atoms with Gasteiger partial charge >= 0.3 is 0 Å². The van der Waals surface area contributed by atoms with Gasteiger partial charge in [-0.3, -0.25) is 0 Å². The van der Waals surface area contributed by atoms with Crippen molar-refractivity contribution < 1.29 is 0 Å². The normalized spacial score (nSPS) is 12.9. The molecule has 0 radical (unpaired) electrons. The molecule has 0 aromatic rings. The predicted molar refractivity (Wildman–Crippen MR) is 43.5 cm³/mol. The molecule has 0 amide bonds. The van der Waals surface area contributed by atoms with E-state index in [1.807, 2.05) is 0 Å². The van der Waals surface area contributed by atoms with Crippen molar-refractivity contribution in [3.8, 4) is 0 Å². The second-order valence-electron chi connectivity index (χ2n) is 2.86. The molecule has 0 aliphatic heterocycles.